The molecule has 3 heteroatoms. The average molecular weight is 202 g/mol. The van der Waals surface area contributed by atoms with E-state index in [-0.39, 0.29) is 0 Å². The van der Waals surface area contributed by atoms with Gasteiger partial charge in [0.15, 0.2) is 0 Å². The normalized spacial score (nSPS) is 24.2. The Morgan fingerprint density at radius 1 is 1.38 bits per heavy atom. The van der Waals surface area contributed by atoms with Crippen molar-refractivity contribution in [2.75, 3.05) is 31.9 Å². The first-order valence-electron chi connectivity index (χ1n) is 5.20. The highest BCUT2D eigenvalue weighted by Crippen LogP contribution is 2.30. The zero-order chi connectivity index (χ0) is 9.73. The summed E-state index contributed by atoms with van der Waals surface area (Å²) in [5, 5.41) is 0. The third-order valence-corrected chi connectivity index (χ3v) is 3.98. The second-order valence-corrected chi connectivity index (χ2v) is 6.14. The number of hydrogen-bond acceptors (Lipinski definition) is 3. The van der Waals surface area contributed by atoms with E-state index in [4.69, 9.17) is 5.73 Å². The predicted molar refractivity (Wildman–Crippen MR) is 61.3 cm³/mol. The summed E-state index contributed by atoms with van der Waals surface area (Å²) in [6.45, 7) is 9.21. The molecule has 1 heterocycles. The first kappa shape index (κ1) is 11.3. The standard InChI is InChI=1S/C10H22N2S/c1-10(2)4-7-12(6-3-5-11)8-9-13-10/h3-9,11H2,1-2H3. The minimum absolute atomic E-state index is 0.484. The van der Waals surface area contributed by atoms with E-state index in [1.54, 1.807) is 0 Å². The molecule has 0 aromatic heterocycles. The van der Waals surface area contributed by atoms with Crippen LogP contribution in [0.5, 0.6) is 0 Å². The van der Waals surface area contributed by atoms with Crippen molar-refractivity contribution < 1.29 is 0 Å². The molecule has 2 N–H and O–H groups in total. The van der Waals surface area contributed by atoms with Crippen LogP contribution in [0.1, 0.15) is 26.7 Å². The van der Waals surface area contributed by atoms with E-state index in [2.05, 4.69) is 30.5 Å². The molecule has 0 aliphatic carbocycles. The van der Waals surface area contributed by atoms with Crippen molar-refractivity contribution in [2.24, 2.45) is 5.73 Å². The van der Waals surface area contributed by atoms with E-state index in [1.165, 1.54) is 31.8 Å². The van der Waals surface area contributed by atoms with Crippen molar-refractivity contribution in [1.29, 1.82) is 0 Å². The van der Waals surface area contributed by atoms with E-state index in [0.717, 1.165) is 13.0 Å². The summed E-state index contributed by atoms with van der Waals surface area (Å²) in [6, 6.07) is 0. The molecule has 0 spiro atoms. The molecule has 78 valence electrons. The number of thioether (sulfide) groups is 1. The van der Waals surface area contributed by atoms with Gasteiger partial charge in [0.05, 0.1) is 0 Å². The second kappa shape index (κ2) is 5.23. The van der Waals surface area contributed by atoms with E-state index in [0.29, 0.717) is 4.75 Å². The van der Waals surface area contributed by atoms with Crippen LogP contribution in [0.15, 0.2) is 0 Å². The Kier molecular flexibility index (Phi) is 4.56. The third-order valence-electron chi connectivity index (χ3n) is 2.61. The average Bonchev–Trinajstić information content (AvgIpc) is 2.23. The zero-order valence-electron chi connectivity index (χ0n) is 8.88. The van der Waals surface area contributed by atoms with E-state index < -0.39 is 0 Å². The van der Waals surface area contributed by atoms with Gasteiger partial charge in [-0.25, -0.2) is 0 Å². The maximum absolute atomic E-state index is 5.51. The first-order valence-corrected chi connectivity index (χ1v) is 6.19. The number of nitrogens with zero attached hydrogens (tertiary/aromatic N) is 1. The molecule has 0 radical (unpaired) electrons. The molecule has 1 aliphatic rings. The van der Waals surface area contributed by atoms with Crippen LogP contribution in [-0.4, -0.2) is 41.6 Å². The van der Waals surface area contributed by atoms with Crippen LogP contribution in [-0.2, 0) is 0 Å². The van der Waals surface area contributed by atoms with Crippen molar-refractivity contribution in [3.8, 4) is 0 Å². The monoisotopic (exact) mass is 202 g/mol. The van der Waals surface area contributed by atoms with Gasteiger partial charge in [-0.2, -0.15) is 11.8 Å². The van der Waals surface area contributed by atoms with E-state index >= 15 is 0 Å². The molecule has 0 atom stereocenters. The van der Waals surface area contributed by atoms with Gasteiger partial charge in [-0.05, 0) is 32.5 Å². The van der Waals surface area contributed by atoms with Crippen molar-refractivity contribution in [3.05, 3.63) is 0 Å². The number of hydrogen-bond donors (Lipinski definition) is 1. The van der Waals surface area contributed by atoms with Crippen LogP contribution in [0.3, 0.4) is 0 Å². The Balaban J connectivity index is 2.28. The lowest BCUT2D eigenvalue weighted by molar-refractivity contribution is 0.282. The quantitative estimate of drug-likeness (QED) is 0.753. The molecule has 0 saturated carbocycles. The van der Waals surface area contributed by atoms with Gasteiger partial charge in [0, 0.05) is 17.0 Å². The Morgan fingerprint density at radius 2 is 2.15 bits per heavy atom. The highest BCUT2D eigenvalue weighted by molar-refractivity contribution is 8.00. The molecule has 2 nitrogen and oxygen atoms in total. The number of nitrogens with two attached hydrogens (primary N) is 1. The predicted octanol–water partition coefficient (Wildman–Crippen LogP) is 1.55. The fourth-order valence-corrected chi connectivity index (χ4v) is 2.74. The SMILES string of the molecule is CC1(C)CCN(CCCN)CCS1. The van der Waals surface area contributed by atoms with Crippen molar-refractivity contribution in [1.82, 2.24) is 4.90 Å². The lowest BCUT2D eigenvalue weighted by Crippen LogP contribution is -2.29. The van der Waals surface area contributed by atoms with Crippen LogP contribution in [0, 0.1) is 0 Å². The Bertz CT molecular complexity index is 148. The summed E-state index contributed by atoms with van der Waals surface area (Å²) in [7, 11) is 0. The Hall–Kier alpha value is 0.270. The van der Waals surface area contributed by atoms with Crippen molar-refractivity contribution in [2.45, 2.75) is 31.4 Å². The maximum atomic E-state index is 5.51. The summed E-state index contributed by atoms with van der Waals surface area (Å²) in [5.41, 5.74) is 5.51. The topological polar surface area (TPSA) is 29.3 Å². The highest BCUT2D eigenvalue weighted by atomic mass is 32.2. The van der Waals surface area contributed by atoms with Gasteiger partial charge in [-0.3, -0.25) is 0 Å². The van der Waals surface area contributed by atoms with Crippen LogP contribution in [0.4, 0.5) is 0 Å². The smallest absolute Gasteiger partial charge is 0.0116 e. The second-order valence-electron chi connectivity index (χ2n) is 4.34. The minimum Gasteiger partial charge on any atom is -0.330 e. The third kappa shape index (κ3) is 4.34. The molecule has 1 aliphatic heterocycles. The molecule has 0 aromatic carbocycles. The minimum atomic E-state index is 0.484. The molecular weight excluding hydrogens is 180 g/mol. The van der Waals surface area contributed by atoms with Crippen molar-refractivity contribution in [3.63, 3.8) is 0 Å². The summed E-state index contributed by atoms with van der Waals surface area (Å²) in [6.07, 6.45) is 2.45. The molecule has 0 aromatic rings. The largest absolute Gasteiger partial charge is 0.330 e. The van der Waals surface area contributed by atoms with Gasteiger partial charge in [-0.15, -0.1) is 0 Å². The van der Waals surface area contributed by atoms with Crippen LogP contribution in [0.25, 0.3) is 0 Å². The molecule has 0 amide bonds. The van der Waals surface area contributed by atoms with Gasteiger partial charge in [0.25, 0.3) is 0 Å². The Labute approximate surface area is 86.2 Å². The molecule has 13 heavy (non-hydrogen) atoms. The van der Waals surface area contributed by atoms with E-state index in [9.17, 15) is 0 Å². The van der Waals surface area contributed by atoms with Gasteiger partial charge in [-0.1, -0.05) is 13.8 Å². The zero-order valence-corrected chi connectivity index (χ0v) is 9.70. The summed E-state index contributed by atoms with van der Waals surface area (Å²) >= 11 is 2.11. The summed E-state index contributed by atoms with van der Waals surface area (Å²) in [5.74, 6) is 1.28. The Morgan fingerprint density at radius 3 is 2.85 bits per heavy atom. The molecule has 0 bridgehead atoms. The van der Waals surface area contributed by atoms with Crippen LogP contribution < -0.4 is 5.73 Å². The molecule has 1 rings (SSSR count). The molecule has 0 unspecified atom stereocenters. The van der Waals surface area contributed by atoms with Crippen molar-refractivity contribution >= 4 is 11.8 Å². The van der Waals surface area contributed by atoms with E-state index in [1.807, 2.05) is 0 Å². The van der Waals surface area contributed by atoms with Gasteiger partial charge in [0.2, 0.25) is 0 Å². The van der Waals surface area contributed by atoms with Crippen LogP contribution >= 0.6 is 11.8 Å². The lowest BCUT2D eigenvalue weighted by atomic mass is 10.1. The van der Waals surface area contributed by atoms with Gasteiger partial charge in [0.1, 0.15) is 0 Å². The van der Waals surface area contributed by atoms with Gasteiger partial charge < -0.3 is 10.6 Å². The fraction of sp³-hybridized carbons (Fsp3) is 1.00. The van der Waals surface area contributed by atoms with Crippen LogP contribution in [0.2, 0.25) is 0 Å². The molecular formula is C10H22N2S. The molecule has 1 fully saturated rings. The lowest BCUT2D eigenvalue weighted by Gasteiger charge is -2.22. The first-order chi connectivity index (χ1) is 6.14. The summed E-state index contributed by atoms with van der Waals surface area (Å²) in [4.78, 5) is 2.55. The number of rotatable bonds is 3. The highest BCUT2D eigenvalue weighted by Gasteiger charge is 2.22. The van der Waals surface area contributed by atoms with Gasteiger partial charge >= 0.3 is 0 Å². The fourth-order valence-electron chi connectivity index (χ4n) is 1.60. The molecule has 1 saturated heterocycles. The maximum Gasteiger partial charge on any atom is 0.0116 e. The summed E-state index contributed by atoms with van der Waals surface area (Å²) < 4.78 is 0.484.